The second-order valence-corrected chi connectivity index (χ2v) is 2.80. The molecule has 1 N–H and O–H groups in total. The van der Waals surface area contributed by atoms with Crippen LogP contribution < -0.4 is 10.2 Å². The molecule has 1 amide bonds. The minimum Gasteiger partial charge on any atom is -0.497 e. The number of hydrogen-bond acceptors (Lipinski definition) is 3. The highest BCUT2D eigenvalue weighted by atomic mass is 16.6. The number of carbonyl (C=O) groups is 1. The Kier molecular flexibility index (Phi) is 3.94. The molecule has 0 aliphatic rings. The average Bonchev–Trinajstić information content (AvgIpc) is 2.18. The van der Waals surface area contributed by atoms with E-state index in [4.69, 9.17) is 9.57 Å². The summed E-state index contributed by atoms with van der Waals surface area (Å²) in [6, 6.07) is 7.46. The first-order valence-electron chi connectivity index (χ1n) is 4.23. The van der Waals surface area contributed by atoms with Crippen molar-refractivity contribution in [2.75, 3.05) is 7.11 Å². The smallest absolute Gasteiger partial charge is 0.240 e. The first kappa shape index (κ1) is 10.5. The molecule has 0 spiro atoms. The molecule has 0 aliphatic carbocycles. The maximum absolute atomic E-state index is 10.5. The zero-order valence-corrected chi connectivity index (χ0v) is 8.24. The van der Waals surface area contributed by atoms with E-state index >= 15 is 0 Å². The van der Waals surface area contributed by atoms with Crippen molar-refractivity contribution in [1.29, 1.82) is 0 Å². The molecule has 4 heteroatoms. The van der Waals surface area contributed by atoms with Crippen LogP contribution >= 0.6 is 0 Å². The standard InChI is InChI=1S/C10H13NO3/c1-8(12)11-14-7-9-4-3-5-10(6-9)13-2/h3-6H,7H2,1-2H3,(H,11,12). The van der Waals surface area contributed by atoms with Crippen LogP contribution in [0.3, 0.4) is 0 Å². The van der Waals surface area contributed by atoms with Gasteiger partial charge < -0.3 is 4.74 Å². The number of carbonyl (C=O) groups excluding carboxylic acids is 1. The molecule has 0 heterocycles. The Morgan fingerprint density at radius 1 is 1.50 bits per heavy atom. The van der Waals surface area contributed by atoms with Gasteiger partial charge in [-0.2, -0.15) is 0 Å². The van der Waals surface area contributed by atoms with Crippen molar-refractivity contribution in [2.24, 2.45) is 0 Å². The first-order chi connectivity index (χ1) is 6.72. The molecule has 0 saturated heterocycles. The lowest BCUT2D eigenvalue weighted by Gasteiger charge is -2.05. The number of rotatable bonds is 4. The maximum atomic E-state index is 10.5. The Balaban J connectivity index is 2.46. The number of hydroxylamine groups is 1. The summed E-state index contributed by atoms with van der Waals surface area (Å²) in [5.41, 5.74) is 3.19. The lowest BCUT2D eigenvalue weighted by atomic mass is 10.2. The molecule has 0 fully saturated rings. The molecular weight excluding hydrogens is 182 g/mol. The number of ether oxygens (including phenoxy) is 1. The van der Waals surface area contributed by atoms with Gasteiger partial charge in [0, 0.05) is 6.92 Å². The van der Waals surface area contributed by atoms with E-state index in [0.717, 1.165) is 11.3 Å². The Bertz CT molecular complexity index is 312. The Labute approximate surface area is 82.8 Å². The quantitative estimate of drug-likeness (QED) is 0.736. The second-order valence-electron chi connectivity index (χ2n) is 2.80. The van der Waals surface area contributed by atoms with Crippen molar-refractivity contribution in [2.45, 2.75) is 13.5 Å². The van der Waals surface area contributed by atoms with Gasteiger partial charge in [-0.3, -0.25) is 9.63 Å². The summed E-state index contributed by atoms with van der Waals surface area (Å²) in [7, 11) is 1.60. The second kappa shape index (κ2) is 5.24. The lowest BCUT2D eigenvalue weighted by Crippen LogP contribution is -2.19. The molecule has 0 atom stereocenters. The summed E-state index contributed by atoms with van der Waals surface area (Å²) in [4.78, 5) is 15.4. The molecular formula is C10H13NO3. The van der Waals surface area contributed by atoms with E-state index < -0.39 is 0 Å². The fraction of sp³-hybridized carbons (Fsp3) is 0.300. The van der Waals surface area contributed by atoms with Gasteiger partial charge in [0.15, 0.2) is 0 Å². The number of amides is 1. The molecule has 0 aromatic heterocycles. The average molecular weight is 195 g/mol. The molecule has 0 radical (unpaired) electrons. The summed E-state index contributed by atoms with van der Waals surface area (Å²) in [5.74, 6) is 0.557. The monoisotopic (exact) mass is 195 g/mol. The van der Waals surface area contributed by atoms with E-state index in [9.17, 15) is 4.79 Å². The predicted octanol–water partition coefficient (Wildman–Crippen LogP) is 1.26. The van der Waals surface area contributed by atoms with Crippen LogP contribution in [0.1, 0.15) is 12.5 Å². The molecule has 4 nitrogen and oxygen atoms in total. The zero-order chi connectivity index (χ0) is 10.4. The van der Waals surface area contributed by atoms with Crippen LogP contribution in [0.25, 0.3) is 0 Å². The van der Waals surface area contributed by atoms with Crippen molar-refractivity contribution >= 4 is 5.91 Å². The predicted molar refractivity (Wildman–Crippen MR) is 51.6 cm³/mol. The van der Waals surface area contributed by atoms with Crippen molar-refractivity contribution in [1.82, 2.24) is 5.48 Å². The van der Waals surface area contributed by atoms with Gasteiger partial charge in [-0.25, -0.2) is 5.48 Å². The minimum atomic E-state index is -0.215. The van der Waals surface area contributed by atoms with Crippen LogP contribution in [-0.4, -0.2) is 13.0 Å². The van der Waals surface area contributed by atoms with E-state index in [1.165, 1.54) is 6.92 Å². The number of benzene rings is 1. The van der Waals surface area contributed by atoms with E-state index in [1.54, 1.807) is 7.11 Å². The van der Waals surface area contributed by atoms with Crippen molar-refractivity contribution < 1.29 is 14.4 Å². The molecule has 0 aliphatic heterocycles. The van der Waals surface area contributed by atoms with Gasteiger partial charge in [0.1, 0.15) is 5.75 Å². The summed E-state index contributed by atoms with van der Waals surface area (Å²) >= 11 is 0. The third-order valence-electron chi connectivity index (χ3n) is 1.59. The zero-order valence-electron chi connectivity index (χ0n) is 8.24. The van der Waals surface area contributed by atoms with Gasteiger partial charge in [-0.1, -0.05) is 12.1 Å². The van der Waals surface area contributed by atoms with Crippen LogP contribution in [0.15, 0.2) is 24.3 Å². The number of nitrogens with one attached hydrogen (secondary N) is 1. The Morgan fingerprint density at radius 3 is 2.93 bits per heavy atom. The van der Waals surface area contributed by atoms with Crippen LogP contribution in [0.5, 0.6) is 5.75 Å². The summed E-state index contributed by atoms with van der Waals surface area (Å²) in [6.45, 7) is 1.72. The highest BCUT2D eigenvalue weighted by Gasteiger charge is 1.96. The van der Waals surface area contributed by atoms with Gasteiger partial charge in [0.25, 0.3) is 0 Å². The van der Waals surface area contributed by atoms with Gasteiger partial charge in [-0.15, -0.1) is 0 Å². The first-order valence-corrected chi connectivity index (χ1v) is 4.23. The Hall–Kier alpha value is -1.55. The van der Waals surface area contributed by atoms with E-state index in [-0.39, 0.29) is 5.91 Å². The summed E-state index contributed by atoms with van der Waals surface area (Å²) < 4.78 is 5.04. The maximum Gasteiger partial charge on any atom is 0.240 e. The lowest BCUT2D eigenvalue weighted by molar-refractivity contribution is -0.132. The van der Waals surface area contributed by atoms with Crippen molar-refractivity contribution in [3.8, 4) is 5.75 Å². The molecule has 1 aromatic carbocycles. The van der Waals surface area contributed by atoms with Crippen LogP contribution in [0, 0.1) is 0 Å². The normalized spacial score (nSPS) is 9.57. The molecule has 76 valence electrons. The van der Waals surface area contributed by atoms with Crippen LogP contribution in [0.4, 0.5) is 0 Å². The van der Waals surface area contributed by atoms with Gasteiger partial charge in [0.05, 0.1) is 13.7 Å². The molecule has 14 heavy (non-hydrogen) atoms. The molecule has 1 aromatic rings. The molecule has 1 rings (SSSR count). The summed E-state index contributed by atoms with van der Waals surface area (Å²) in [5, 5.41) is 0. The molecule has 0 unspecified atom stereocenters. The molecule has 0 saturated carbocycles. The van der Waals surface area contributed by atoms with Crippen molar-refractivity contribution in [3.63, 3.8) is 0 Å². The van der Waals surface area contributed by atoms with E-state index in [0.29, 0.717) is 6.61 Å². The van der Waals surface area contributed by atoms with E-state index in [2.05, 4.69) is 5.48 Å². The third-order valence-corrected chi connectivity index (χ3v) is 1.59. The summed E-state index contributed by atoms with van der Waals surface area (Å²) in [6.07, 6.45) is 0. The van der Waals surface area contributed by atoms with Crippen LogP contribution in [0.2, 0.25) is 0 Å². The fourth-order valence-corrected chi connectivity index (χ4v) is 0.983. The fourth-order valence-electron chi connectivity index (χ4n) is 0.983. The van der Waals surface area contributed by atoms with Gasteiger partial charge >= 0.3 is 0 Å². The Morgan fingerprint density at radius 2 is 2.29 bits per heavy atom. The van der Waals surface area contributed by atoms with Crippen molar-refractivity contribution in [3.05, 3.63) is 29.8 Å². The van der Waals surface area contributed by atoms with E-state index in [1.807, 2.05) is 24.3 Å². The van der Waals surface area contributed by atoms with Gasteiger partial charge in [0.2, 0.25) is 5.91 Å². The highest BCUT2D eigenvalue weighted by Crippen LogP contribution is 2.12. The number of hydrogen-bond donors (Lipinski definition) is 1. The number of methoxy groups -OCH3 is 1. The third kappa shape index (κ3) is 3.45. The topological polar surface area (TPSA) is 47.6 Å². The highest BCUT2D eigenvalue weighted by molar-refractivity contribution is 5.71. The molecule has 0 bridgehead atoms. The minimum absolute atomic E-state index is 0.215. The van der Waals surface area contributed by atoms with Crippen LogP contribution in [-0.2, 0) is 16.2 Å². The largest absolute Gasteiger partial charge is 0.497 e. The van der Waals surface area contributed by atoms with Gasteiger partial charge in [-0.05, 0) is 17.7 Å². The SMILES string of the molecule is COc1cccc(CONC(C)=O)c1.